The molecule has 0 bridgehead atoms. The van der Waals surface area contributed by atoms with Crippen molar-refractivity contribution in [3.63, 3.8) is 0 Å². The van der Waals surface area contributed by atoms with E-state index in [1.54, 1.807) is 6.08 Å². The summed E-state index contributed by atoms with van der Waals surface area (Å²) in [6.07, 6.45) is 3.18. The van der Waals surface area contributed by atoms with Crippen LogP contribution in [0.2, 0.25) is 0 Å². The highest BCUT2D eigenvalue weighted by atomic mass is 79.9. The van der Waals surface area contributed by atoms with Crippen LogP contribution in [0.5, 0.6) is 0 Å². The van der Waals surface area contributed by atoms with Crippen LogP contribution >= 0.6 is 27.3 Å². The summed E-state index contributed by atoms with van der Waals surface area (Å²) in [4.78, 5) is 25.3. The fourth-order valence-electron chi connectivity index (χ4n) is 1.41. The molecule has 1 aliphatic rings. The van der Waals surface area contributed by atoms with Crippen LogP contribution in [0.25, 0.3) is 6.08 Å². The van der Waals surface area contributed by atoms with Crippen LogP contribution in [0.1, 0.15) is 4.88 Å². The Bertz CT molecular complexity index is 521. The molecule has 17 heavy (non-hydrogen) atoms. The van der Waals surface area contributed by atoms with E-state index in [2.05, 4.69) is 27.8 Å². The molecule has 1 N–H and O–H groups in total. The van der Waals surface area contributed by atoms with Gasteiger partial charge in [0.25, 0.3) is 5.91 Å². The molecule has 4 nitrogen and oxygen atoms in total. The molecule has 1 aromatic heterocycles. The van der Waals surface area contributed by atoms with Gasteiger partial charge in [-0.3, -0.25) is 9.69 Å². The van der Waals surface area contributed by atoms with Crippen molar-refractivity contribution >= 4 is 45.3 Å². The third-order valence-electron chi connectivity index (χ3n) is 2.15. The molecule has 1 saturated heterocycles. The minimum atomic E-state index is -0.406. The predicted molar refractivity (Wildman–Crippen MR) is 70.4 cm³/mol. The van der Waals surface area contributed by atoms with Gasteiger partial charge in [-0.25, -0.2) is 4.79 Å². The molecular formula is C11H9BrN2O2S. The number of nitrogens with zero attached hydrogens (tertiary/aromatic N) is 1. The first-order valence-corrected chi connectivity index (χ1v) is 6.48. The fraction of sp³-hybridized carbons (Fsp3) is 0.0909. The SMILES string of the molecule is C=CCN1C(=O)N/C(=C/c2cc(Br)cs2)C1=O. The average molecular weight is 313 g/mol. The molecule has 2 rings (SSSR count). The Kier molecular flexibility index (Phi) is 3.44. The highest BCUT2D eigenvalue weighted by Gasteiger charge is 2.32. The van der Waals surface area contributed by atoms with Gasteiger partial charge in [-0.2, -0.15) is 0 Å². The van der Waals surface area contributed by atoms with Crippen LogP contribution in [0.4, 0.5) is 4.79 Å². The minimum Gasteiger partial charge on any atom is -0.303 e. The van der Waals surface area contributed by atoms with Crippen molar-refractivity contribution in [1.29, 1.82) is 0 Å². The van der Waals surface area contributed by atoms with Crippen LogP contribution in [0.15, 0.2) is 34.3 Å². The first-order chi connectivity index (χ1) is 8.11. The van der Waals surface area contributed by atoms with Crippen LogP contribution in [-0.2, 0) is 4.79 Å². The lowest BCUT2D eigenvalue weighted by molar-refractivity contribution is -0.122. The first kappa shape index (κ1) is 12.1. The molecule has 6 heteroatoms. The van der Waals surface area contributed by atoms with Gasteiger partial charge in [0.2, 0.25) is 0 Å². The van der Waals surface area contributed by atoms with Crippen molar-refractivity contribution in [3.8, 4) is 0 Å². The van der Waals surface area contributed by atoms with Crippen molar-refractivity contribution in [2.24, 2.45) is 0 Å². The molecule has 88 valence electrons. The third kappa shape index (κ3) is 2.48. The number of hydrogen-bond donors (Lipinski definition) is 1. The van der Waals surface area contributed by atoms with Gasteiger partial charge in [0.15, 0.2) is 0 Å². The number of hydrogen-bond acceptors (Lipinski definition) is 3. The van der Waals surface area contributed by atoms with E-state index in [1.807, 2.05) is 11.4 Å². The molecule has 0 unspecified atom stereocenters. The lowest BCUT2D eigenvalue weighted by Gasteiger charge is -2.06. The number of rotatable bonds is 3. The molecule has 0 saturated carbocycles. The molecule has 0 radical (unpaired) electrons. The fourth-order valence-corrected chi connectivity index (χ4v) is 2.79. The molecule has 0 aromatic carbocycles. The second-order valence-corrected chi connectivity index (χ2v) is 5.22. The van der Waals surface area contributed by atoms with E-state index in [-0.39, 0.29) is 12.5 Å². The monoisotopic (exact) mass is 312 g/mol. The van der Waals surface area contributed by atoms with Gasteiger partial charge in [0.05, 0.1) is 0 Å². The van der Waals surface area contributed by atoms with Crippen LogP contribution in [-0.4, -0.2) is 23.4 Å². The van der Waals surface area contributed by atoms with Crippen LogP contribution in [0, 0.1) is 0 Å². The van der Waals surface area contributed by atoms with E-state index >= 15 is 0 Å². The van der Waals surface area contributed by atoms with Gasteiger partial charge < -0.3 is 5.32 Å². The molecule has 1 aromatic rings. The van der Waals surface area contributed by atoms with Crippen LogP contribution < -0.4 is 5.32 Å². The highest BCUT2D eigenvalue weighted by Crippen LogP contribution is 2.23. The second kappa shape index (κ2) is 4.85. The van der Waals surface area contributed by atoms with Gasteiger partial charge in [0.1, 0.15) is 5.70 Å². The lowest BCUT2D eigenvalue weighted by atomic mass is 10.3. The normalized spacial score (nSPS) is 17.7. The molecule has 0 atom stereocenters. The lowest BCUT2D eigenvalue weighted by Crippen LogP contribution is -2.30. The smallest absolute Gasteiger partial charge is 0.303 e. The third-order valence-corrected chi connectivity index (χ3v) is 3.79. The van der Waals surface area contributed by atoms with Crippen molar-refractivity contribution in [3.05, 3.63) is 39.1 Å². The zero-order chi connectivity index (χ0) is 12.4. The Hall–Kier alpha value is -1.40. The number of imide groups is 1. The molecular weight excluding hydrogens is 304 g/mol. The number of carbonyl (C=O) groups is 2. The standard InChI is InChI=1S/C11H9BrN2O2S/c1-2-3-14-10(15)9(13-11(14)16)5-8-4-7(12)6-17-8/h2,4-6H,1,3H2,(H,13,16)/b9-5+. The summed E-state index contributed by atoms with van der Waals surface area (Å²) in [7, 11) is 0. The molecule has 0 spiro atoms. The molecule has 0 aliphatic carbocycles. The summed E-state index contributed by atoms with van der Waals surface area (Å²) >= 11 is 4.82. The summed E-state index contributed by atoms with van der Waals surface area (Å²) in [5, 5.41) is 4.45. The zero-order valence-electron chi connectivity index (χ0n) is 8.77. The molecule has 2 heterocycles. The topological polar surface area (TPSA) is 49.4 Å². The Balaban J connectivity index is 2.24. The predicted octanol–water partition coefficient (Wildman–Crippen LogP) is 2.59. The second-order valence-electron chi connectivity index (χ2n) is 3.36. The maximum atomic E-state index is 11.8. The average Bonchev–Trinajstić information content (AvgIpc) is 2.79. The Labute approximate surface area is 111 Å². The Morgan fingerprint density at radius 1 is 1.53 bits per heavy atom. The quantitative estimate of drug-likeness (QED) is 0.530. The van der Waals surface area contributed by atoms with Crippen molar-refractivity contribution in [1.82, 2.24) is 10.2 Å². The summed E-state index contributed by atoms with van der Waals surface area (Å²) in [5.41, 5.74) is 0.297. The minimum absolute atomic E-state index is 0.218. The summed E-state index contributed by atoms with van der Waals surface area (Å²) in [5.74, 6) is -0.320. The van der Waals surface area contributed by atoms with E-state index in [4.69, 9.17) is 0 Å². The van der Waals surface area contributed by atoms with Crippen molar-refractivity contribution in [2.45, 2.75) is 0 Å². The van der Waals surface area contributed by atoms with Gasteiger partial charge in [-0.15, -0.1) is 17.9 Å². The van der Waals surface area contributed by atoms with E-state index in [9.17, 15) is 9.59 Å². The summed E-state index contributed by atoms with van der Waals surface area (Å²) < 4.78 is 0.953. The molecule has 3 amide bonds. The van der Waals surface area contributed by atoms with E-state index in [0.29, 0.717) is 5.70 Å². The Morgan fingerprint density at radius 2 is 2.29 bits per heavy atom. The van der Waals surface area contributed by atoms with Gasteiger partial charge in [0, 0.05) is 21.3 Å². The van der Waals surface area contributed by atoms with Gasteiger partial charge >= 0.3 is 6.03 Å². The first-order valence-electron chi connectivity index (χ1n) is 4.81. The van der Waals surface area contributed by atoms with Crippen LogP contribution in [0.3, 0.4) is 0 Å². The molecule has 1 fully saturated rings. The van der Waals surface area contributed by atoms with E-state index < -0.39 is 6.03 Å². The van der Waals surface area contributed by atoms with E-state index in [0.717, 1.165) is 14.2 Å². The number of amides is 3. The van der Waals surface area contributed by atoms with Crippen molar-refractivity contribution in [2.75, 3.05) is 6.54 Å². The van der Waals surface area contributed by atoms with Gasteiger partial charge in [-0.1, -0.05) is 6.08 Å². The van der Waals surface area contributed by atoms with E-state index in [1.165, 1.54) is 17.4 Å². The number of thiophene rings is 1. The number of nitrogens with one attached hydrogen (secondary N) is 1. The maximum absolute atomic E-state index is 11.8. The summed E-state index contributed by atoms with van der Waals surface area (Å²) in [6.45, 7) is 3.73. The summed E-state index contributed by atoms with van der Waals surface area (Å²) in [6, 6.07) is 1.48. The van der Waals surface area contributed by atoms with Crippen molar-refractivity contribution < 1.29 is 9.59 Å². The maximum Gasteiger partial charge on any atom is 0.329 e. The van der Waals surface area contributed by atoms with Gasteiger partial charge in [-0.05, 0) is 28.1 Å². The Morgan fingerprint density at radius 3 is 2.88 bits per heavy atom. The number of carbonyl (C=O) groups excluding carboxylic acids is 2. The molecule has 1 aliphatic heterocycles. The zero-order valence-corrected chi connectivity index (χ0v) is 11.2. The highest BCUT2D eigenvalue weighted by molar-refractivity contribution is 9.10. The number of urea groups is 1. The number of halogens is 1. The largest absolute Gasteiger partial charge is 0.329 e.